The molecule has 2 aromatic rings. The van der Waals surface area contributed by atoms with Gasteiger partial charge in [-0.1, -0.05) is 11.8 Å². The van der Waals surface area contributed by atoms with E-state index in [9.17, 15) is 4.79 Å². The van der Waals surface area contributed by atoms with E-state index in [-0.39, 0.29) is 5.91 Å². The Morgan fingerprint density at radius 2 is 2.37 bits per heavy atom. The van der Waals surface area contributed by atoms with Crippen LogP contribution in [0.1, 0.15) is 25.1 Å². The summed E-state index contributed by atoms with van der Waals surface area (Å²) < 4.78 is 0. The summed E-state index contributed by atoms with van der Waals surface area (Å²) in [7, 11) is 0. The Morgan fingerprint density at radius 3 is 3.05 bits per heavy atom. The highest BCUT2D eigenvalue weighted by Crippen LogP contribution is 2.16. The lowest BCUT2D eigenvalue weighted by atomic mass is 10.3. The van der Waals surface area contributed by atoms with Crippen molar-refractivity contribution in [2.45, 2.75) is 13.5 Å². The van der Waals surface area contributed by atoms with Gasteiger partial charge in [-0.05, 0) is 19.1 Å². The van der Waals surface area contributed by atoms with Crippen molar-refractivity contribution < 1.29 is 4.79 Å². The van der Waals surface area contributed by atoms with Crippen LogP contribution in [0.2, 0.25) is 0 Å². The molecular weight excluding hydrogens is 278 g/mol. The molecule has 3 N–H and O–H groups in total. The molecule has 6 heteroatoms. The first-order valence-electron chi connectivity index (χ1n) is 5.66. The van der Waals surface area contributed by atoms with Crippen LogP contribution >= 0.6 is 22.7 Å². The summed E-state index contributed by atoms with van der Waals surface area (Å²) in [5, 5.41) is 2.88. The SMILES string of the molecule is Cc1ncsc1C(=O)NCc1ccc(C#CCN)s1. The van der Waals surface area contributed by atoms with Crippen LogP contribution < -0.4 is 11.1 Å². The Balaban J connectivity index is 1.94. The molecule has 0 saturated carbocycles. The third-order valence-electron chi connectivity index (χ3n) is 2.35. The second-order valence-corrected chi connectivity index (χ2v) is 5.74. The average Bonchev–Trinajstić information content (AvgIpc) is 3.02. The number of rotatable bonds is 3. The van der Waals surface area contributed by atoms with Crippen molar-refractivity contribution in [3.8, 4) is 11.8 Å². The van der Waals surface area contributed by atoms with Crippen LogP contribution in [0, 0.1) is 18.8 Å². The number of nitrogens with two attached hydrogens (primary N) is 1. The van der Waals surface area contributed by atoms with Gasteiger partial charge in [0.05, 0.1) is 29.2 Å². The van der Waals surface area contributed by atoms with Crippen molar-refractivity contribution in [3.05, 3.63) is 38.0 Å². The average molecular weight is 291 g/mol. The van der Waals surface area contributed by atoms with E-state index < -0.39 is 0 Å². The minimum absolute atomic E-state index is 0.0806. The predicted octanol–water partition coefficient (Wildman–Crippen LogP) is 1.75. The number of carbonyl (C=O) groups excluding carboxylic acids is 1. The number of thiazole rings is 1. The third-order valence-corrected chi connectivity index (χ3v) is 4.28. The first kappa shape index (κ1) is 13.7. The van der Waals surface area contributed by atoms with Gasteiger partial charge >= 0.3 is 0 Å². The maximum absolute atomic E-state index is 11.9. The Kier molecular flexibility index (Phi) is 4.68. The first-order valence-corrected chi connectivity index (χ1v) is 7.36. The lowest BCUT2D eigenvalue weighted by Gasteiger charge is -2.01. The van der Waals surface area contributed by atoms with E-state index in [0.29, 0.717) is 18.0 Å². The Bertz CT molecular complexity index is 634. The number of amides is 1. The third kappa shape index (κ3) is 3.64. The minimum Gasteiger partial charge on any atom is -0.346 e. The zero-order valence-electron chi connectivity index (χ0n) is 10.4. The second kappa shape index (κ2) is 6.48. The molecule has 0 radical (unpaired) electrons. The van der Waals surface area contributed by atoms with E-state index in [1.54, 1.807) is 16.8 Å². The van der Waals surface area contributed by atoms with Gasteiger partial charge in [-0.2, -0.15) is 0 Å². The number of nitrogens with one attached hydrogen (secondary N) is 1. The van der Waals surface area contributed by atoms with Crippen molar-refractivity contribution in [2.24, 2.45) is 5.73 Å². The zero-order chi connectivity index (χ0) is 13.7. The molecule has 0 fully saturated rings. The molecule has 0 aliphatic carbocycles. The molecule has 4 nitrogen and oxygen atoms in total. The topological polar surface area (TPSA) is 68.0 Å². The van der Waals surface area contributed by atoms with Gasteiger partial charge in [0.2, 0.25) is 0 Å². The molecular formula is C13H13N3OS2. The van der Waals surface area contributed by atoms with Crippen molar-refractivity contribution in [2.75, 3.05) is 6.54 Å². The predicted molar refractivity (Wildman–Crippen MR) is 78.3 cm³/mol. The molecule has 2 rings (SSSR count). The molecule has 98 valence electrons. The van der Waals surface area contributed by atoms with Gasteiger partial charge in [0.15, 0.2) is 0 Å². The molecule has 2 heterocycles. The second-order valence-electron chi connectivity index (χ2n) is 3.72. The minimum atomic E-state index is -0.0806. The van der Waals surface area contributed by atoms with Crippen LogP contribution in [0.3, 0.4) is 0 Å². The van der Waals surface area contributed by atoms with Crippen LogP contribution in [0.5, 0.6) is 0 Å². The lowest BCUT2D eigenvalue weighted by Crippen LogP contribution is -2.22. The maximum atomic E-state index is 11.9. The van der Waals surface area contributed by atoms with E-state index in [1.165, 1.54) is 11.3 Å². The molecule has 1 amide bonds. The van der Waals surface area contributed by atoms with Gasteiger partial charge in [-0.15, -0.1) is 22.7 Å². The van der Waals surface area contributed by atoms with E-state index in [2.05, 4.69) is 22.1 Å². The van der Waals surface area contributed by atoms with Crippen molar-refractivity contribution in [1.82, 2.24) is 10.3 Å². The number of hydrogen-bond donors (Lipinski definition) is 2. The summed E-state index contributed by atoms with van der Waals surface area (Å²) in [6, 6.07) is 3.90. The molecule has 19 heavy (non-hydrogen) atoms. The fourth-order valence-electron chi connectivity index (χ4n) is 1.45. The van der Waals surface area contributed by atoms with Crippen molar-refractivity contribution in [1.29, 1.82) is 0 Å². The lowest BCUT2D eigenvalue weighted by molar-refractivity contribution is 0.0954. The maximum Gasteiger partial charge on any atom is 0.263 e. The molecule has 2 aromatic heterocycles. The number of nitrogens with zero attached hydrogens (tertiary/aromatic N) is 1. The Morgan fingerprint density at radius 1 is 1.53 bits per heavy atom. The van der Waals surface area contributed by atoms with E-state index >= 15 is 0 Å². The summed E-state index contributed by atoms with van der Waals surface area (Å²) in [5.41, 5.74) is 7.76. The highest BCUT2D eigenvalue weighted by atomic mass is 32.1. The zero-order valence-corrected chi connectivity index (χ0v) is 12.0. The molecule has 0 saturated heterocycles. The summed E-state index contributed by atoms with van der Waals surface area (Å²) in [6.45, 7) is 2.69. The van der Waals surface area contributed by atoms with Crippen LogP contribution in [-0.2, 0) is 6.54 Å². The molecule has 0 aromatic carbocycles. The van der Waals surface area contributed by atoms with Gasteiger partial charge in [0.1, 0.15) is 4.88 Å². The smallest absolute Gasteiger partial charge is 0.263 e. The van der Waals surface area contributed by atoms with Crippen LogP contribution in [0.4, 0.5) is 0 Å². The van der Waals surface area contributed by atoms with Gasteiger partial charge in [0, 0.05) is 4.88 Å². The summed E-state index contributed by atoms with van der Waals surface area (Å²) in [5.74, 6) is 5.70. The normalized spacial score (nSPS) is 9.79. The summed E-state index contributed by atoms with van der Waals surface area (Å²) in [4.78, 5) is 18.7. The standard InChI is InChI=1S/C13H13N3OS2/c1-9-12(18-8-16-9)13(17)15-7-11-5-4-10(19-11)3-2-6-14/h4-5,8H,6-7,14H2,1H3,(H,15,17). The number of aryl methyl sites for hydroxylation is 1. The molecule has 0 unspecified atom stereocenters. The number of aromatic nitrogens is 1. The highest BCUT2D eigenvalue weighted by molar-refractivity contribution is 7.12. The fourth-order valence-corrected chi connectivity index (χ4v) is 2.99. The van der Waals surface area contributed by atoms with Crippen molar-refractivity contribution >= 4 is 28.6 Å². The number of carbonyl (C=O) groups is 1. The highest BCUT2D eigenvalue weighted by Gasteiger charge is 2.11. The largest absolute Gasteiger partial charge is 0.346 e. The molecule has 0 atom stereocenters. The number of hydrogen-bond acceptors (Lipinski definition) is 5. The molecule has 0 aliphatic rings. The van der Waals surface area contributed by atoms with Gasteiger partial charge in [-0.25, -0.2) is 4.98 Å². The first-order chi connectivity index (χ1) is 9.20. The molecule has 0 bridgehead atoms. The molecule has 0 aliphatic heterocycles. The van der Waals surface area contributed by atoms with Gasteiger partial charge in [-0.3, -0.25) is 4.79 Å². The van der Waals surface area contributed by atoms with E-state index in [0.717, 1.165) is 15.4 Å². The van der Waals surface area contributed by atoms with Gasteiger partial charge < -0.3 is 11.1 Å². The van der Waals surface area contributed by atoms with Gasteiger partial charge in [0.25, 0.3) is 5.91 Å². The summed E-state index contributed by atoms with van der Waals surface area (Å²) >= 11 is 2.91. The van der Waals surface area contributed by atoms with E-state index in [1.807, 2.05) is 19.1 Å². The Labute approximate surface area is 119 Å². The van der Waals surface area contributed by atoms with Crippen molar-refractivity contribution in [3.63, 3.8) is 0 Å². The number of thiophene rings is 1. The van der Waals surface area contributed by atoms with Crippen LogP contribution in [0.15, 0.2) is 17.6 Å². The quantitative estimate of drug-likeness (QED) is 0.847. The fraction of sp³-hybridized carbons (Fsp3) is 0.231. The monoisotopic (exact) mass is 291 g/mol. The van der Waals surface area contributed by atoms with Crippen LogP contribution in [0.25, 0.3) is 0 Å². The van der Waals surface area contributed by atoms with E-state index in [4.69, 9.17) is 5.73 Å². The Hall–Kier alpha value is -1.68. The summed E-state index contributed by atoms with van der Waals surface area (Å²) in [6.07, 6.45) is 0. The molecule has 0 spiro atoms. The van der Waals surface area contributed by atoms with Crippen LogP contribution in [-0.4, -0.2) is 17.4 Å².